The van der Waals surface area contributed by atoms with Crippen molar-refractivity contribution < 1.29 is 13.5 Å². The molecule has 1 aliphatic rings. The standard InChI is InChI=1S/C8H15F2NO/c1-11-5-3-4-6(11)7(12-2)8(9)10/h6-8H,3-5H2,1-2H3/t6-,7+/m0/s1. The lowest BCUT2D eigenvalue weighted by molar-refractivity contribution is -0.0671. The topological polar surface area (TPSA) is 12.5 Å². The molecule has 1 fully saturated rings. The van der Waals surface area contributed by atoms with E-state index in [9.17, 15) is 8.78 Å². The maximum atomic E-state index is 12.4. The Morgan fingerprint density at radius 1 is 1.50 bits per heavy atom. The second-order valence-electron chi connectivity index (χ2n) is 3.22. The lowest BCUT2D eigenvalue weighted by Crippen LogP contribution is -2.41. The van der Waals surface area contributed by atoms with Gasteiger partial charge in [-0.2, -0.15) is 0 Å². The third-order valence-corrected chi connectivity index (χ3v) is 2.48. The minimum absolute atomic E-state index is 0.102. The van der Waals surface area contributed by atoms with Gasteiger partial charge in [-0.25, -0.2) is 8.78 Å². The number of hydrogen-bond acceptors (Lipinski definition) is 2. The van der Waals surface area contributed by atoms with E-state index in [0.717, 1.165) is 19.4 Å². The molecule has 0 spiro atoms. The zero-order valence-corrected chi connectivity index (χ0v) is 7.46. The first-order chi connectivity index (χ1) is 5.66. The number of likely N-dealkylation sites (tertiary alicyclic amines) is 1. The van der Waals surface area contributed by atoms with E-state index in [0.29, 0.717) is 0 Å². The van der Waals surface area contributed by atoms with E-state index in [2.05, 4.69) is 0 Å². The highest BCUT2D eigenvalue weighted by Gasteiger charge is 2.35. The van der Waals surface area contributed by atoms with Gasteiger partial charge in [-0.1, -0.05) is 0 Å². The Morgan fingerprint density at radius 2 is 2.17 bits per heavy atom. The molecule has 0 bridgehead atoms. The summed E-state index contributed by atoms with van der Waals surface area (Å²) in [6.45, 7) is 0.900. The van der Waals surface area contributed by atoms with Gasteiger partial charge in [0.25, 0.3) is 6.43 Å². The van der Waals surface area contributed by atoms with Gasteiger partial charge in [0.2, 0.25) is 0 Å². The average Bonchev–Trinajstić information content (AvgIpc) is 2.38. The van der Waals surface area contributed by atoms with Crippen LogP contribution in [0.3, 0.4) is 0 Å². The van der Waals surface area contributed by atoms with Crippen molar-refractivity contribution in [3.05, 3.63) is 0 Å². The molecule has 0 unspecified atom stereocenters. The number of halogens is 2. The van der Waals surface area contributed by atoms with Crippen LogP contribution in [-0.4, -0.2) is 44.2 Å². The fourth-order valence-corrected chi connectivity index (χ4v) is 1.78. The fraction of sp³-hybridized carbons (Fsp3) is 1.00. The molecule has 0 radical (unpaired) electrons. The summed E-state index contributed by atoms with van der Waals surface area (Å²) in [7, 11) is 3.22. The second kappa shape index (κ2) is 4.14. The predicted molar refractivity (Wildman–Crippen MR) is 42.5 cm³/mol. The van der Waals surface area contributed by atoms with Gasteiger partial charge in [0.1, 0.15) is 6.10 Å². The summed E-state index contributed by atoms with van der Waals surface area (Å²) in [4.78, 5) is 1.94. The maximum Gasteiger partial charge on any atom is 0.265 e. The molecule has 0 aliphatic carbocycles. The van der Waals surface area contributed by atoms with E-state index >= 15 is 0 Å². The van der Waals surface area contributed by atoms with Gasteiger partial charge in [0.05, 0.1) is 0 Å². The van der Waals surface area contributed by atoms with E-state index < -0.39 is 12.5 Å². The minimum Gasteiger partial charge on any atom is -0.374 e. The predicted octanol–water partition coefficient (Wildman–Crippen LogP) is 1.36. The molecule has 0 aromatic heterocycles. The van der Waals surface area contributed by atoms with Gasteiger partial charge in [-0.05, 0) is 26.4 Å². The smallest absolute Gasteiger partial charge is 0.265 e. The molecule has 2 nitrogen and oxygen atoms in total. The Balaban J connectivity index is 2.52. The Hall–Kier alpha value is -0.220. The first-order valence-electron chi connectivity index (χ1n) is 4.18. The molecule has 0 N–H and O–H groups in total. The normalized spacial score (nSPS) is 28.2. The molecule has 0 aromatic carbocycles. The van der Waals surface area contributed by atoms with Gasteiger partial charge in [0.15, 0.2) is 0 Å². The molecule has 1 saturated heterocycles. The van der Waals surface area contributed by atoms with Gasteiger partial charge in [-0.3, -0.25) is 0 Å². The number of methoxy groups -OCH3 is 1. The summed E-state index contributed by atoms with van der Waals surface area (Å²) >= 11 is 0. The molecule has 12 heavy (non-hydrogen) atoms. The van der Waals surface area contributed by atoms with Crippen LogP contribution < -0.4 is 0 Å². The first-order valence-corrected chi connectivity index (χ1v) is 4.18. The van der Waals surface area contributed by atoms with Gasteiger partial charge >= 0.3 is 0 Å². The SMILES string of the molecule is CO[C@@H](C(F)F)[C@@H]1CCCN1C. The largest absolute Gasteiger partial charge is 0.374 e. The third-order valence-electron chi connectivity index (χ3n) is 2.48. The second-order valence-corrected chi connectivity index (χ2v) is 3.22. The summed E-state index contributed by atoms with van der Waals surface area (Å²) in [6.07, 6.45) is -1.48. The highest BCUT2D eigenvalue weighted by molar-refractivity contribution is 4.85. The molecule has 2 atom stereocenters. The highest BCUT2D eigenvalue weighted by atomic mass is 19.3. The highest BCUT2D eigenvalue weighted by Crippen LogP contribution is 2.23. The summed E-state index contributed by atoms with van der Waals surface area (Å²) in [6, 6.07) is -0.102. The molecule has 1 aliphatic heterocycles. The van der Waals surface area contributed by atoms with Crippen LogP contribution in [0.1, 0.15) is 12.8 Å². The van der Waals surface area contributed by atoms with Crippen molar-refractivity contribution in [1.29, 1.82) is 0 Å². The Kier molecular flexibility index (Phi) is 3.40. The van der Waals surface area contributed by atoms with E-state index in [4.69, 9.17) is 4.74 Å². The van der Waals surface area contributed by atoms with Crippen LogP contribution in [0.15, 0.2) is 0 Å². The fourth-order valence-electron chi connectivity index (χ4n) is 1.78. The van der Waals surface area contributed by atoms with Crippen molar-refractivity contribution in [3.63, 3.8) is 0 Å². The monoisotopic (exact) mass is 179 g/mol. The summed E-state index contributed by atoms with van der Waals surface area (Å²) in [5, 5.41) is 0. The van der Waals surface area contributed by atoms with Crippen LogP contribution in [0, 0.1) is 0 Å². The molecule has 0 aromatic rings. The Labute approximate surface area is 71.5 Å². The average molecular weight is 179 g/mol. The molecule has 1 rings (SSSR count). The molecule has 4 heteroatoms. The molecule has 1 heterocycles. The van der Waals surface area contributed by atoms with Crippen LogP contribution in [0.5, 0.6) is 0 Å². The molecule has 0 amide bonds. The van der Waals surface area contributed by atoms with Gasteiger partial charge in [0, 0.05) is 13.2 Å². The lowest BCUT2D eigenvalue weighted by atomic mass is 10.1. The quantitative estimate of drug-likeness (QED) is 0.648. The Bertz CT molecular complexity index is 143. The molecule has 72 valence electrons. The Morgan fingerprint density at radius 3 is 2.50 bits per heavy atom. The molecular weight excluding hydrogens is 164 g/mol. The summed E-state index contributed by atoms with van der Waals surface area (Å²) in [5.41, 5.74) is 0. The van der Waals surface area contributed by atoms with Crippen LogP contribution in [0.25, 0.3) is 0 Å². The van der Waals surface area contributed by atoms with Crippen molar-refractivity contribution in [2.45, 2.75) is 31.4 Å². The van der Waals surface area contributed by atoms with Crippen molar-refractivity contribution >= 4 is 0 Å². The number of alkyl halides is 2. The number of ether oxygens (including phenoxy) is 1. The summed E-state index contributed by atoms with van der Waals surface area (Å²) in [5.74, 6) is 0. The van der Waals surface area contributed by atoms with Crippen molar-refractivity contribution in [3.8, 4) is 0 Å². The summed E-state index contributed by atoms with van der Waals surface area (Å²) < 4.78 is 29.5. The van der Waals surface area contributed by atoms with Crippen molar-refractivity contribution in [2.75, 3.05) is 20.7 Å². The zero-order valence-electron chi connectivity index (χ0n) is 7.46. The number of hydrogen-bond donors (Lipinski definition) is 0. The number of nitrogens with zero attached hydrogens (tertiary/aromatic N) is 1. The van der Waals surface area contributed by atoms with E-state index in [1.807, 2.05) is 11.9 Å². The molecule has 0 saturated carbocycles. The van der Waals surface area contributed by atoms with Crippen LogP contribution in [0.4, 0.5) is 8.78 Å². The van der Waals surface area contributed by atoms with Crippen molar-refractivity contribution in [1.82, 2.24) is 4.90 Å². The van der Waals surface area contributed by atoms with Crippen LogP contribution >= 0.6 is 0 Å². The van der Waals surface area contributed by atoms with Gasteiger partial charge in [-0.15, -0.1) is 0 Å². The van der Waals surface area contributed by atoms with E-state index in [1.54, 1.807) is 0 Å². The number of likely N-dealkylation sites (N-methyl/N-ethyl adjacent to an activating group) is 1. The minimum atomic E-state index is -2.37. The van der Waals surface area contributed by atoms with Crippen molar-refractivity contribution in [2.24, 2.45) is 0 Å². The van der Waals surface area contributed by atoms with E-state index in [-0.39, 0.29) is 6.04 Å². The lowest BCUT2D eigenvalue weighted by Gasteiger charge is -2.26. The maximum absolute atomic E-state index is 12.4. The number of rotatable bonds is 3. The zero-order chi connectivity index (χ0) is 9.14. The van der Waals surface area contributed by atoms with Crippen LogP contribution in [-0.2, 0) is 4.74 Å². The first kappa shape index (κ1) is 9.86. The van der Waals surface area contributed by atoms with E-state index in [1.165, 1.54) is 7.11 Å². The molecular formula is C8H15F2NO. The third kappa shape index (κ3) is 1.93. The van der Waals surface area contributed by atoms with Gasteiger partial charge < -0.3 is 9.64 Å². The van der Waals surface area contributed by atoms with Crippen LogP contribution in [0.2, 0.25) is 0 Å².